The fraction of sp³-hybridized carbons (Fsp3) is 0.323. The molecule has 0 spiro atoms. The summed E-state index contributed by atoms with van der Waals surface area (Å²) in [6.45, 7) is 0.552. The Balaban J connectivity index is 1.10. The van der Waals surface area contributed by atoms with Crippen LogP contribution in [0.2, 0.25) is 5.02 Å². The fourth-order valence-corrected chi connectivity index (χ4v) is 8.63. The van der Waals surface area contributed by atoms with Crippen LogP contribution in [0.3, 0.4) is 0 Å². The number of sulfonamides is 1. The second-order valence-corrected chi connectivity index (χ2v) is 14.4. The number of halogens is 1. The highest BCUT2D eigenvalue weighted by Gasteiger charge is 2.38. The van der Waals surface area contributed by atoms with E-state index in [0.717, 1.165) is 32.9 Å². The average Bonchev–Trinajstić information content (AvgIpc) is 3.63. The van der Waals surface area contributed by atoms with E-state index in [-0.39, 0.29) is 22.6 Å². The fourth-order valence-electron chi connectivity index (χ4n) is 5.83. The third-order valence-electron chi connectivity index (χ3n) is 8.01. The summed E-state index contributed by atoms with van der Waals surface area (Å²) in [4.78, 5) is 43.0. The number of nitrogens with one attached hydrogen (secondary N) is 2. The van der Waals surface area contributed by atoms with Gasteiger partial charge in [0, 0.05) is 28.5 Å². The van der Waals surface area contributed by atoms with E-state index in [1.54, 1.807) is 29.2 Å². The zero-order chi connectivity index (χ0) is 30.1. The summed E-state index contributed by atoms with van der Waals surface area (Å²) < 4.78 is 29.8. The first-order chi connectivity index (χ1) is 20.7. The number of hydrogen-bond donors (Lipinski definition) is 2. The van der Waals surface area contributed by atoms with Crippen LogP contribution in [-0.4, -0.2) is 67.7 Å². The van der Waals surface area contributed by atoms with Crippen LogP contribution in [0.15, 0.2) is 64.9 Å². The number of amides is 3. The predicted octanol–water partition coefficient (Wildman–Crippen LogP) is 4.58. The molecule has 3 amide bonds. The molecule has 2 aliphatic heterocycles. The molecule has 1 aliphatic carbocycles. The second kappa shape index (κ2) is 12.2. The molecule has 224 valence electrons. The second-order valence-electron chi connectivity index (χ2n) is 11.0. The minimum absolute atomic E-state index is 0.0964. The Bertz CT molecular complexity index is 1770. The minimum Gasteiger partial charge on any atom is -0.332 e. The average molecular weight is 639 g/mol. The van der Waals surface area contributed by atoms with Crippen molar-refractivity contribution in [3.8, 4) is 0 Å². The van der Waals surface area contributed by atoms with E-state index in [4.69, 9.17) is 11.6 Å². The van der Waals surface area contributed by atoms with E-state index in [9.17, 15) is 22.8 Å². The van der Waals surface area contributed by atoms with Gasteiger partial charge in [-0.2, -0.15) is 4.72 Å². The lowest BCUT2D eigenvalue weighted by molar-refractivity contribution is -0.144. The summed E-state index contributed by atoms with van der Waals surface area (Å²) >= 11 is 7.15. The van der Waals surface area contributed by atoms with Crippen molar-refractivity contribution in [1.82, 2.24) is 14.5 Å². The SMILES string of the molecule is O=C(Nc1ccc2cc1C/C=C\C=C/2)[C@@H]1CCCN1C(=O)CN1CCC[C@H](NS(=O)(=O)c2cc3cc(Cl)ccc3s2)C1=O. The lowest BCUT2D eigenvalue weighted by Gasteiger charge is -2.34. The van der Waals surface area contributed by atoms with Crippen LogP contribution in [0.4, 0.5) is 5.69 Å². The lowest BCUT2D eigenvalue weighted by atomic mass is 10.0. The predicted molar refractivity (Wildman–Crippen MR) is 168 cm³/mol. The number of carbonyl (C=O) groups excluding carboxylic acids is 3. The molecule has 2 bridgehead atoms. The van der Waals surface area contributed by atoms with E-state index in [1.807, 2.05) is 42.5 Å². The summed E-state index contributed by atoms with van der Waals surface area (Å²) in [5, 5.41) is 4.23. The molecule has 12 heteroatoms. The molecule has 0 radical (unpaired) electrons. The molecular formula is C31H31ClN4O5S2. The molecule has 3 aromatic rings. The number of hydrogen-bond acceptors (Lipinski definition) is 6. The number of benzene rings is 2. The highest BCUT2D eigenvalue weighted by Crippen LogP contribution is 2.31. The Morgan fingerprint density at radius 2 is 1.86 bits per heavy atom. The largest absolute Gasteiger partial charge is 0.332 e. The minimum atomic E-state index is -3.97. The highest BCUT2D eigenvalue weighted by molar-refractivity contribution is 7.91. The summed E-state index contributed by atoms with van der Waals surface area (Å²) in [5.74, 6) is -1.02. The van der Waals surface area contributed by atoms with Gasteiger partial charge in [0.1, 0.15) is 16.3 Å². The summed E-state index contributed by atoms with van der Waals surface area (Å²) in [5.41, 5.74) is 2.76. The van der Waals surface area contributed by atoms with Crippen LogP contribution < -0.4 is 10.0 Å². The maximum absolute atomic E-state index is 13.4. The van der Waals surface area contributed by atoms with Crippen molar-refractivity contribution in [1.29, 1.82) is 0 Å². The van der Waals surface area contributed by atoms with Gasteiger partial charge in [0.15, 0.2) is 0 Å². The molecule has 3 heterocycles. The number of rotatable bonds is 7. The first-order valence-electron chi connectivity index (χ1n) is 14.2. The van der Waals surface area contributed by atoms with E-state index < -0.39 is 28.0 Å². The van der Waals surface area contributed by atoms with E-state index in [1.165, 1.54) is 4.90 Å². The number of piperidine rings is 1. The van der Waals surface area contributed by atoms with Crippen LogP contribution in [0, 0.1) is 0 Å². The van der Waals surface area contributed by atoms with Gasteiger partial charge in [-0.3, -0.25) is 14.4 Å². The molecule has 0 unspecified atom stereocenters. The zero-order valence-electron chi connectivity index (χ0n) is 23.3. The van der Waals surface area contributed by atoms with Crippen LogP contribution >= 0.6 is 22.9 Å². The van der Waals surface area contributed by atoms with E-state index in [2.05, 4.69) is 10.0 Å². The van der Waals surface area contributed by atoms with Crippen molar-refractivity contribution >= 4 is 72.5 Å². The van der Waals surface area contributed by atoms with Gasteiger partial charge in [-0.05, 0) is 85.0 Å². The standard InChI is InChI=1S/C31H31ClN4O5S2/c32-23-11-13-27-22(17-23)18-29(42-27)43(40,41)34-25-8-4-14-35(31(25)39)19-28(37)36-15-5-9-26(36)30(38)33-24-12-10-20-6-2-1-3-7-21(24)16-20/h1-3,6,10-13,16-18,25-26,34H,4-5,7-9,14-15,19H2,(H,33,38)/b3-1-,6-2-/t25-,26-/m0/s1. The molecule has 2 atom stereocenters. The Morgan fingerprint density at radius 1 is 1.02 bits per heavy atom. The van der Waals surface area contributed by atoms with E-state index >= 15 is 0 Å². The Morgan fingerprint density at radius 3 is 2.72 bits per heavy atom. The van der Waals surface area contributed by atoms with Gasteiger partial charge in [-0.15, -0.1) is 11.3 Å². The van der Waals surface area contributed by atoms with Crippen molar-refractivity contribution in [3.05, 3.63) is 76.8 Å². The molecule has 9 nitrogen and oxygen atoms in total. The molecule has 0 saturated carbocycles. The quantitative estimate of drug-likeness (QED) is 0.393. The van der Waals surface area contributed by atoms with Crippen LogP contribution in [0.25, 0.3) is 16.2 Å². The normalized spacial score (nSPS) is 21.8. The maximum atomic E-state index is 13.4. The van der Waals surface area contributed by atoms with Crippen molar-refractivity contribution in [2.75, 3.05) is 25.0 Å². The number of carbonyl (C=O) groups is 3. The molecule has 6 rings (SSSR count). The number of nitrogens with zero attached hydrogens (tertiary/aromatic N) is 2. The van der Waals surface area contributed by atoms with Gasteiger partial charge >= 0.3 is 0 Å². The molecule has 43 heavy (non-hydrogen) atoms. The number of allylic oxidation sites excluding steroid dienone is 3. The van der Waals surface area contributed by atoms with E-state index in [0.29, 0.717) is 55.6 Å². The lowest BCUT2D eigenvalue weighted by Crippen LogP contribution is -2.55. The van der Waals surface area contributed by atoms with Crippen molar-refractivity contribution in [3.63, 3.8) is 0 Å². The third-order valence-corrected chi connectivity index (χ3v) is 11.3. The highest BCUT2D eigenvalue weighted by atomic mass is 35.5. The van der Waals surface area contributed by atoms with Crippen LogP contribution in [-0.2, 0) is 30.8 Å². The summed E-state index contributed by atoms with van der Waals surface area (Å²) in [6.07, 6.45) is 10.7. The van der Waals surface area contributed by atoms with Crippen LogP contribution in [0.5, 0.6) is 0 Å². The van der Waals surface area contributed by atoms with Gasteiger partial charge in [-0.25, -0.2) is 8.42 Å². The molecular weight excluding hydrogens is 608 g/mol. The Hall–Kier alpha value is -3.51. The third kappa shape index (κ3) is 6.40. The Labute approximate surface area is 259 Å². The monoisotopic (exact) mass is 638 g/mol. The number of anilines is 1. The molecule has 2 fully saturated rings. The van der Waals surface area contributed by atoms with Crippen molar-refractivity contribution in [2.24, 2.45) is 0 Å². The van der Waals surface area contributed by atoms with Crippen LogP contribution in [0.1, 0.15) is 36.8 Å². The number of fused-ring (bicyclic) bond motifs is 3. The molecule has 3 aliphatic rings. The summed E-state index contributed by atoms with van der Waals surface area (Å²) in [6, 6.07) is 10.9. The topological polar surface area (TPSA) is 116 Å². The molecule has 2 aromatic carbocycles. The van der Waals surface area contributed by atoms with Gasteiger partial charge in [-0.1, -0.05) is 42.0 Å². The zero-order valence-corrected chi connectivity index (χ0v) is 25.7. The Kier molecular flexibility index (Phi) is 8.41. The molecule has 2 saturated heterocycles. The molecule has 1 aromatic heterocycles. The molecule has 2 N–H and O–H groups in total. The summed E-state index contributed by atoms with van der Waals surface area (Å²) in [7, 11) is -3.97. The first-order valence-corrected chi connectivity index (χ1v) is 16.9. The van der Waals surface area contributed by atoms with Gasteiger partial charge in [0.25, 0.3) is 10.0 Å². The number of thiophene rings is 1. The van der Waals surface area contributed by atoms with Crippen molar-refractivity contribution < 1.29 is 22.8 Å². The number of likely N-dealkylation sites (tertiary alicyclic amines) is 2. The van der Waals surface area contributed by atoms with Crippen molar-refractivity contribution in [2.45, 2.75) is 48.4 Å². The van der Waals surface area contributed by atoms with Gasteiger partial charge in [0.2, 0.25) is 17.7 Å². The maximum Gasteiger partial charge on any atom is 0.250 e. The smallest absolute Gasteiger partial charge is 0.250 e. The van der Waals surface area contributed by atoms with Gasteiger partial charge < -0.3 is 15.1 Å². The first kappa shape index (κ1) is 29.6. The van der Waals surface area contributed by atoms with Gasteiger partial charge in [0.05, 0.1) is 6.54 Å².